The average molecular weight is 290 g/mol. The van der Waals surface area contributed by atoms with Crippen molar-refractivity contribution in [3.05, 3.63) is 35.9 Å². The van der Waals surface area contributed by atoms with Gasteiger partial charge in [-0.3, -0.25) is 0 Å². The van der Waals surface area contributed by atoms with Gasteiger partial charge in [0.25, 0.3) is 0 Å². The molecule has 1 aromatic carbocycles. The van der Waals surface area contributed by atoms with Gasteiger partial charge in [-0.15, -0.1) is 0 Å². The summed E-state index contributed by atoms with van der Waals surface area (Å²) in [6.07, 6.45) is 5.35. The van der Waals surface area contributed by atoms with Crippen LogP contribution >= 0.6 is 0 Å². The second-order valence-corrected chi connectivity index (χ2v) is 5.73. The van der Waals surface area contributed by atoms with Gasteiger partial charge in [0, 0.05) is 6.04 Å². The lowest BCUT2D eigenvalue weighted by atomic mass is 9.92. The van der Waals surface area contributed by atoms with Crippen molar-refractivity contribution in [2.24, 2.45) is 0 Å². The van der Waals surface area contributed by atoms with E-state index in [9.17, 15) is 14.7 Å². The topological polar surface area (TPSA) is 78.4 Å². The highest BCUT2D eigenvalue weighted by molar-refractivity contribution is 5.87. The van der Waals surface area contributed by atoms with Crippen molar-refractivity contribution in [1.82, 2.24) is 10.6 Å². The quantitative estimate of drug-likeness (QED) is 0.797. The molecular formula is C16H22N2O3. The molecule has 0 saturated heterocycles. The lowest BCUT2D eigenvalue weighted by Crippen LogP contribution is -2.54. The van der Waals surface area contributed by atoms with E-state index in [-0.39, 0.29) is 6.04 Å². The van der Waals surface area contributed by atoms with E-state index < -0.39 is 17.5 Å². The molecule has 0 bridgehead atoms. The Bertz CT molecular complexity index is 498. The normalized spacial score (nSPS) is 18.5. The molecule has 1 aromatic rings. The number of carbonyl (C=O) groups is 2. The second-order valence-electron chi connectivity index (χ2n) is 5.73. The van der Waals surface area contributed by atoms with E-state index in [1.807, 2.05) is 6.07 Å². The minimum Gasteiger partial charge on any atom is -0.479 e. The molecule has 0 spiro atoms. The third kappa shape index (κ3) is 3.74. The van der Waals surface area contributed by atoms with Crippen molar-refractivity contribution < 1.29 is 14.7 Å². The number of hydrogen-bond donors (Lipinski definition) is 3. The van der Waals surface area contributed by atoms with E-state index in [0.717, 1.165) is 25.7 Å². The monoisotopic (exact) mass is 290 g/mol. The molecular weight excluding hydrogens is 268 g/mol. The Labute approximate surface area is 124 Å². The van der Waals surface area contributed by atoms with Crippen LogP contribution in [-0.2, 0) is 10.3 Å². The molecule has 0 aliphatic heterocycles. The Morgan fingerprint density at radius 1 is 1.14 bits per heavy atom. The lowest BCUT2D eigenvalue weighted by Gasteiger charge is -2.29. The van der Waals surface area contributed by atoms with Crippen LogP contribution in [0.25, 0.3) is 0 Å². The van der Waals surface area contributed by atoms with Crippen LogP contribution in [0.3, 0.4) is 0 Å². The molecule has 2 rings (SSSR count). The zero-order chi connectivity index (χ0) is 15.3. The summed E-state index contributed by atoms with van der Waals surface area (Å²) < 4.78 is 0. The van der Waals surface area contributed by atoms with Crippen molar-refractivity contribution in [2.45, 2.75) is 50.6 Å². The predicted octanol–water partition coefficient (Wildman–Crippen LogP) is 2.62. The molecule has 0 heterocycles. The standard InChI is InChI=1S/C16H22N2O3/c1-16(14(19)20,12-8-4-2-5-9-12)18-15(21)17-13-10-6-3-7-11-13/h2,4-5,8-9,13H,3,6-7,10-11H2,1H3,(H,19,20)(H2,17,18,21). The van der Waals surface area contributed by atoms with Crippen LogP contribution in [0, 0.1) is 0 Å². The Morgan fingerprint density at radius 2 is 1.76 bits per heavy atom. The van der Waals surface area contributed by atoms with Gasteiger partial charge in [-0.1, -0.05) is 49.6 Å². The molecule has 114 valence electrons. The summed E-state index contributed by atoms with van der Waals surface area (Å²) in [4.78, 5) is 23.7. The van der Waals surface area contributed by atoms with Crippen LogP contribution in [0.1, 0.15) is 44.6 Å². The van der Waals surface area contributed by atoms with Gasteiger partial charge in [-0.05, 0) is 25.3 Å². The van der Waals surface area contributed by atoms with E-state index >= 15 is 0 Å². The SMILES string of the molecule is CC(NC(=O)NC1CCCCC1)(C(=O)O)c1ccccc1. The number of carboxylic acid groups (broad SMARTS) is 1. The fourth-order valence-electron chi connectivity index (χ4n) is 2.72. The highest BCUT2D eigenvalue weighted by atomic mass is 16.4. The molecule has 1 fully saturated rings. The highest BCUT2D eigenvalue weighted by Crippen LogP contribution is 2.21. The fourth-order valence-corrected chi connectivity index (χ4v) is 2.72. The summed E-state index contributed by atoms with van der Waals surface area (Å²) in [5.41, 5.74) is -0.878. The van der Waals surface area contributed by atoms with Crippen LogP contribution < -0.4 is 10.6 Å². The summed E-state index contributed by atoms with van der Waals surface area (Å²) in [5, 5.41) is 15.0. The molecule has 0 aromatic heterocycles. The van der Waals surface area contributed by atoms with Crippen molar-refractivity contribution >= 4 is 12.0 Å². The first-order valence-electron chi connectivity index (χ1n) is 7.40. The first-order valence-corrected chi connectivity index (χ1v) is 7.40. The van der Waals surface area contributed by atoms with Gasteiger partial charge in [-0.25, -0.2) is 9.59 Å². The Kier molecular flexibility index (Phi) is 4.83. The number of hydrogen-bond acceptors (Lipinski definition) is 2. The molecule has 1 unspecified atom stereocenters. The number of urea groups is 1. The molecule has 21 heavy (non-hydrogen) atoms. The number of benzene rings is 1. The molecule has 1 aliphatic rings. The van der Waals surface area contributed by atoms with Crippen LogP contribution in [0.5, 0.6) is 0 Å². The van der Waals surface area contributed by atoms with E-state index in [4.69, 9.17) is 0 Å². The summed E-state index contributed by atoms with van der Waals surface area (Å²) in [6.45, 7) is 1.51. The van der Waals surface area contributed by atoms with Gasteiger partial charge < -0.3 is 15.7 Å². The molecule has 1 saturated carbocycles. The van der Waals surface area contributed by atoms with Crippen molar-refractivity contribution in [1.29, 1.82) is 0 Å². The van der Waals surface area contributed by atoms with Crippen LogP contribution in [0.4, 0.5) is 4.79 Å². The smallest absolute Gasteiger partial charge is 0.333 e. The molecule has 1 atom stereocenters. The molecule has 5 heteroatoms. The zero-order valence-corrected chi connectivity index (χ0v) is 12.3. The third-order valence-electron chi connectivity index (χ3n) is 4.08. The maximum absolute atomic E-state index is 12.1. The molecule has 2 amide bonds. The zero-order valence-electron chi connectivity index (χ0n) is 12.3. The first kappa shape index (κ1) is 15.4. The molecule has 1 aliphatic carbocycles. The second kappa shape index (κ2) is 6.61. The van der Waals surface area contributed by atoms with Crippen LogP contribution in [0.2, 0.25) is 0 Å². The number of amides is 2. The first-order chi connectivity index (χ1) is 10.0. The van der Waals surface area contributed by atoms with Gasteiger partial charge in [0.1, 0.15) is 0 Å². The van der Waals surface area contributed by atoms with Gasteiger partial charge in [0.2, 0.25) is 0 Å². The Hall–Kier alpha value is -2.04. The summed E-state index contributed by atoms with van der Waals surface area (Å²) in [6, 6.07) is 8.47. The number of carboxylic acids is 1. The molecule has 5 nitrogen and oxygen atoms in total. The van der Waals surface area contributed by atoms with Gasteiger partial charge in [-0.2, -0.15) is 0 Å². The Balaban J connectivity index is 2.05. The summed E-state index contributed by atoms with van der Waals surface area (Å²) >= 11 is 0. The van der Waals surface area contributed by atoms with Crippen LogP contribution in [-0.4, -0.2) is 23.1 Å². The summed E-state index contributed by atoms with van der Waals surface area (Å²) in [5.74, 6) is -1.08. The minimum absolute atomic E-state index is 0.146. The lowest BCUT2D eigenvalue weighted by molar-refractivity contribution is -0.144. The predicted molar refractivity (Wildman–Crippen MR) is 80.0 cm³/mol. The van der Waals surface area contributed by atoms with Gasteiger partial charge in [0.05, 0.1) is 0 Å². The third-order valence-corrected chi connectivity index (χ3v) is 4.08. The Morgan fingerprint density at radius 3 is 2.33 bits per heavy atom. The maximum atomic E-state index is 12.1. The number of nitrogens with one attached hydrogen (secondary N) is 2. The van der Waals surface area contributed by atoms with Crippen LogP contribution in [0.15, 0.2) is 30.3 Å². The van der Waals surface area contributed by atoms with E-state index in [1.54, 1.807) is 24.3 Å². The van der Waals surface area contributed by atoms with Crippen molar-refractivity contribution in [3.8, 4) is 0 Å². The van der Waals surface area contributed by atoms with Gasteiger partial charge in [0.15, 0.2) is 5.54 Å². The van der Waals surface area contributed by atoms with Crippen molar-refractivity contribution in [3.63, 3.8) is 0 Å². The number of carbonyl (C=O) groups excluding carboxylic acids is 1. The molecule has 3 N–H and O–H groups in total. The molecule has 0 radical (unpaired) electrons. The summed E-state index contributed by atoms with van der Waals surface area (Å²) in [7, 11) is 0. The number of aliphatic carboxylic acids is 1. The van der Waals surface area contributed by atoms with E-state index in [2.05, 4.69) is 10.6 Å². The largest absolute Gasteiger partial charge is 0.479 e. The highest BCUT2D eigenvalue weighted by Gasteiger charge is 2.37. The van der Waals surface area contributed by atoms with Crippen molar-refractivity contribution in [2.75, 3.05) is 0 Å². The van der Waals surface area contributed by atoms with E-state index in [1.165, 1.54) is 13.3 Å². The number of rotatable bonds is 4. The average Bonchev–Trinajstić information content (AvgIpc) is 2.48. The maximum Gasteiger partial charge on any atom is 0.333 e. The fraction of sp³-hybridized carbons (Fsp3) is 0.500. The van der Waals surface area contributed by atoms with E-state index in [0.29, 0.717) is 5.56 Å². The minimum atomic E-state index is -1.43. The van der Waals surface area contributed by atoms with Gasteiger partial charge >= 0.3 is 12.0 Å².